The van der Waals surface area contributed by atoms with Crippen molar-refractivity contribution in [1.82, 2.24) is 5.32 Å². The second-order valence-corrected chi connectivity index (χ2v) is 5.42. The highest BCUT2D eigenvalue weighted by Crippen LogP contribution is 2.41. The zero-order chi connectivity index (χ0) is 13.1. The Morgan fingerprint density at radius 3 is 2.41 bits per heavy atom. The molecule has 0 heterocycles. The van der Waals surface area contributed by atoms with Gasteiger partial charge < -0.3 is 16.3 Å². The lowest BCUT2D eigenvalue weighted by molar-refractivity contribution is -0.131. The Hall–Kier alpha value is -1.26. The normalized spacial score (nSPS) is 20.8. The van der Waals surface area contributed by atoms with Gasteiger partial charge in [0.15, 0.2) is 5.84 Å². The van der Waals surface area contributed by atoms with Gasteiger partial charge in [-0.15, -0.1) is 0 Å². The summed E-state index contributed by atoms with van der Waals surface area (Å²) in [7, 11) is 0. The summed E-state index contributed by atoms with van der Waals surface area (Å²) in [5.41, 5.74) is 4.87. The highest BCUT2D eigenvalue weighted by Gasteiger charge is 2.48. The number of nitrogens with one attached hydrogen (secondary N) is 1. The molecule has 1 aliphatic carbocycles. The molecular weight excluding hydrogens is 218 g/mol. The van der Waals surface area contributed by atoms with Gasteiger partial charge in [-0.3, -0.25) is 4.79 Å². The molecule has 0 aliphatic heterocycles. The Bertz CT molecular complexity index is 309. The third-order valence-electron chi connectivity index (χ3n) is 3.44. The molecule has 17 heavy (non-hydrogen) atoms. The maximum atomic E-state index is 12.2. The first kappa shape index (κ1) is 13.8. The lowest BCUT2D eigenvalue weighted by Gasteiger charge is -2.39. The Balaban J connectivity index is 2.62. The molecule has 5 nitrogen and oxygen atoms in total. The van der Waals surface area contributed by atoms with Crippen LogP contribution in [0.2, 0.25) is 0 Å². The summed E-state index contributed by atoms with van der Waals surface area (Å²) in [6, 6.07) is 0.117. The maximum Gasteiger partial charge on any atom is 0.234 e. The van der Waals surface area contributed by atoms with Crippen molar-refractivity contribution in [2.45, 2.75) is 52.5 Å². The van der Waals surface area contributed by atoms with E-state index < -0.39 is 5.41 Å². The van der Waals surface area contributed by atoms with E-state index in [2.05, 4.69) is 24.3 Å². The predicted octanol–water partition coefficient (Wildman–Crippen LogP) is 1.45. The molecule has 1 unspecified atom stereocenters. The molecule has 0 aromatic heterocycles. The molecule has 1 rings (SSSR count). The first-order chi connectivity index (χ1) is 7.92. The van der Waals surface area contributed by atoms with Crippen LogP contribution in [0, 0.1) is 11.3 Å². The van der Waals surface area contributed by atoms with Crippen LogP contribution in [0.3, 0.4) is 0 Å². The number of nitrogens with zero attached hydrogens (tertiary/aromatic N) is 1. The minimum absolute atomic E-state index is 0.0398. The maximum absolute atomic E-state index is 12.2. The van der Waals surface area contributed by atoms with E-state index in [0.717, 1.165) is 12.8 Å². The molecule has 1 saturated carbocycles. The molecule has 4 N–H and O–H groups in total. The van der Waals surface area contributed by atoms with Crippen LogP contribution in [-0.4, -0.2) is 23.0 Å². The Morgan fingerprint density at radius 1 is 1.47 bits per heavy atom. The largest absolute Gasteiger partial charge is 0.409 e. The van der Waals surface area contributed by atoms with Crippen molar-refractivity contribution in [3.05, 3.63) is 0 Å². The number of nitrogens with two attached hydrogens (primary N) is 1. The Labute approximate surface area is 102 Å². The van der Waals surface area contributed by atoms with E-state index in [4.69, 9.17) is 10.9 Å². The number of hydrogen-bond acceptors (Lipinski definition) is 3. The highest BCUT2D eigenvalue weighted by molar-refractivity contribution is 6.07. The molecule has 98 valence electrons. The molecule has 0 saturated heterocycles. The Morgan fingerprint density at radius 2 is 2.06 bits per heavy atom. The van der Waals surface area contributed by atoms with Crippen molar-refractivity contribution < 1.29 is 10.0 Å². The number of carbonyl (C=O) groups excluding carboxylic acids is 1. The molecule has 0 aromatic carbocycles. The van der Waals surface area contributed by atoms with Gasteiger partial charge in [0.1, 0.15) is 5.41 Å². The smallest absolute Gasteiger partial charge is 0.234 e. The third kappa shape index (κ3) is 2.90. The number of amides is 1. The number of oxime groups is 1. The predicted molar refractivity (Wildman–Crippen MR) is 66.8 cm³/mol. The molecule has 0 spiro atoms. The van der Waals surface area contributed by atoms with E-state index in [0.29, 0.717) is 18.8 Å². The van der Waals surface area contributed by atoms with Crippen LogP contribution in [0.1, 0.15) is 46.5 Å². The van der Waals surface area contributed by atoms with Crippen LogP contribution >= 0.6 is 0 Å². The van der Waals surface area contributed by atoms with Crippen LogP contribution in [-0.2, 0) is 4.79 Å². The van der Waals surface area contributed by atoms with Gasteiger partial charge in [-0.2, -0.15) is 0 Å². The molecule has 1 amide bonds. The number of carbonyl (C=O) groups is 1. The van der Waals surface area contributed by atoms with E-state index in [1.165, 1.54) is 0 Å². The summed E-state index contributed by atoms with van der Waals surface area (Å²) in [5, 5.41) is 14.7. The zero-order valence-corrected chi connectivity index (χ0v) is 10.9. The average Bonchev–Trinajstić information content (AvgIpc) is 2.13. The fraction of sp³-hybridized carbons (Fsp3) is 0.833. The molecule has 1 atom stereocenters. The second-order valence-electron chi connectivity index (χ2n) is 5.42. The second kappa shape index (κ2) is 5.38. The molecule has 0 bridgehead atoms. The van der Waals surface area contributed by atoms with E-state index in [1.54, 1.807) is 0 Å². The fourth-order valence-corrected chi connectivity index (χ4v) is 2.35. The standard InChI is InChI=1S/C12H23N3O2/c1-8(2)7-9(3)14-11(16)12(5-4-6-12)10(13)15-17/h8-9,17H,4-7H2,1-3H3,(H2,13,15)(H,14,16). The minimum Gasteiger partial charge on any atom is -0.409 e. The van der Waals surface area contributed by atoms with Crippen LogP contribution in [0.4, 0.5) is 0 Å². The van der Waals surface area contributed by atoms with Gasteiger partial charge >= 0.3 is 0 Å². The van der Waals surface area contributed by atoms with E-state index in [-0.39, 0.29) is 17.8 Å². The van der Waals surface area contributed by atoms with E-state index in [9.17, 15) is 4.79 Å². The van der Waals surface area contributed by atoms with Crippen LogP contribution in [0.5, 0.6) is 0 Å². The average molecular weight is 241 g/mol. The zero-order valence-electron chi connectivity index (χ0n) is 10.9. The van der Waals surface area contributed by atoms with Crippen LogP contribution in [0.25, 0.3) is 0 Å². The number of hydrogen-bond donors (Lipinski definition) is 3. The van der Waals surface area contributed by atoms with Gasteiger partial charge in [0.25, 0.3) is 0 Å². The van der Waals surface area contributed by atoms with E-state index in [1.807, 2.05) is 6.92 Å². The van der Waals surface area contributed by atoms with Crippen molar-refractivity contribution >= 4 is 11.7 Å². The van der Waals surface area contributed by atoms with Gasteiger partial charge in [-0.1, -0.05) is 25.4 Å². The molecule has 1 aliphatic rings. The van der Waals surface area contributed by atoms with E-state index >= 15 is 0 Å². The SMILES string of the molecule is CC(C)CC(C)NC(=O)C1(C(N)=NO)CCC1. The quantitative estimate of drug-likeness (QED) is 0.295. The van der Waals surface area contributed by atoms with Crippen LogP contribution in [0.15, 0.2) is 5.16 Å². The summed E-state index contributed by atoms with van der Waals surface area (Å²) >= 11 is 0. The summed E-state index contributed by atoms with van der Waals surface area (Å²) in [6.45, 7) is 6.22. The highest BCUT2D eigenvalue weighted by atomic mass is 16.4. The lowest BCUT2D eigenvalue weighted by Crippen LogP contribution is -2.55. The topological polar surface area (TPSA) is 87.7 Å². The van der Waals surface area contributed by atoms with Crippen molar-refractivity contribution in [3.63, 3.8) is 0 Å². The lowest BCUT2D eigenvalue weighted by atomic mass is 9.67. The Kier molecular flexibility index (Phi) is 4.37. The van der Waals surface area contributed by atoms with Gasteiger partial charge in [-0.25, -0.2) is 0 Å². The molecule has 5 heteroatoms. The monoisotopic (exact) mass is 241 g/mol. The molecule has 0 radical (unpaired) electrons. The first-order valence-corrected chi connectivity index (χ1v) is 6.21. The van der Waals surface area contributed by atoms with Gasteiger partial charge in [0.2, 0.25) is 5.91 Å². The summed E-state index contributed by atoms with van der Waals surface area (Å²) in [4.78, 5) is 12.2. The molecule has 1 fully saturated rings. The van der Waals surface area contributed by atoms with Crippen LogP contribution < -0.4 is 11.1 Å². The first-order valence-electron chi connectivity index (χ1n) is 6.21. The third-order valence-corrected chi connectivity index (χ3v) is 3.44. The fourth-order valence-electron chi connectivity index (χ4n) is 2.35. The number of rotatable bonds is 5. The minimum atomic E-state index is -0.764. The van der Waals surface area contributed by atoms with Crippen molar-refractivity contribution in [2.75, 3.05) is 0 Å². The van der Waals surface area contributed by atoms with Gasteiger partial charge in [0.05, 0.1) is 0 Å². The van der Waals surface area contributed by atoms with Gasteiger partial charge in [-0.05, 0) is 32.1 Å². The molecule has 0 aromatic rings. The van der Waals surface area contributed by atoms with Crippen molar-refractivity contribution in [1.29, 1.82) is 0 Å². The summed E-state index contributed by atoms with van der Waals surface area (Å²) in [6.07, 6.45) is 3.21. The van der Waals surface area contributed by atoms with Gasteiger partial charge in [0, 0.05) is 6.04 Å². The summed E-state index contributed by atoms with van der Waals surface area (Å²) < 4.78 is 0. The molecular formula is C12H23N3O2. The van der Waals surface area contributed by atoms with Crippen molar-refractivity contribution in [2.24, 2.45) is 22.2 Å². The summed E-state index contributed by atoms with van der Waals surface area (Å²) in [5.74, 6) is 0.469. The number of amidine groups is 1. The van der Waals surface area contributed by atoms with Crippen molar-refractivity contribution in [3.8, 4) is 0 Å².